The molecule has 0 aromatic heterocycles. The van der Waals surface area contributed by atoms with Crippen molar-refractivity contribution in [2.24, 2.45) is 0 Å². The van der Waals surface area contributed by atoms with E-state index in [2.05, 4.69) is 5.32 Å². The number of anilines is 3. The van der Waals surface area contributed by atoms with Gasteiger partial charge in [-0.2, -0.15) is 0 Å². The molecule has 0 heterocycles. The average Bonchev–Trinajstić information content (AvgIpc) is 2.41. The van der Waals surface area contributed by atoms with Crippen molar-refractivity contribution in [3.8, 4) is 0 Å². The Morgan fingerprint density at radius 1 is 1.05 bits per heavy atom. The van der Waals surface area contributed by atoms with E-state index in [-0.39, 0.29) is 6.03 Å². The second-order valence-corrected chi connectivity index (χ2v) is 4.45. The highest BCUT2D eigenvalue weighted by Crippen LogP contribution is 2.16. The lowest BCUT2D eigenvalue weighted by Gasteiger charge is -2.18. The lowest BCUT2D eigenvalue weighted by atomic mass is 10.2. The van der Waals surface area contributed by atoms with E-state index in [0.29, 0.717) is 5.69 Å². The number of nitrogens with one attached hydrogen (secondary N) is 1. The normalized spacial score (nSPS) is 10.0. The van der Waals surface area contributed by atoms with Crippen molar-refractivity contribution >= 4 is 23.1 Å². The molecule has 0 bridgehead atoms. The summed E-state index contributed by atoms with van der Waals surface area (Å²) in [7, 11) is 1.73. The molecule has 0 saturated heterocycles. The van der Waals surface area contributed by atoms with Crippen LogP contribution in [-0.2, 0) is 0 Å². The maximum atomic E-state index is 12.1. The van der Waals surface area contributed by atoms with E-state index in [1.54, 1.807) is 36.2 Å². The van der Waals surface area contributed by atoms with Gasteiger partial charge in [0.1, 0.15) is 0 Å². The molecule has 0 atom stereocenters. The number of nitrogen functional groups attached to an aromatic ring is 1. The summed E-state index contributed by atoms with van der Waals surface area (Å²) in [6.45, 7) is 2.01. The molecule has 0 unspecified atom stereocenters. The third kappa shape index (κ3) is 3.25. The number of hydrogen-bond acceptors (Lipinski definition) is 2. The fourth-order valence-electron chi connectivity index (χ4n) is 1.66. The number of benzene rings is 2. The first-order valence-corrected chi connectivity index (χ1v) is 6.03. The molecule has 0 spiro atoms. The molecule has 2 rings (SSSR count). The topological polar surface area (TPSA) is 58.4 Å². The smallest absolute Gasteiger partial charge is 0.326 e. The summed E-state index contributed by atoms with van der Waals surface area (Å²) >= 11 is 0. The minimum Gasteiger partial charge on any atom is -0.399 e. The highest BCUT2D eigenvalue weighted by Gasteiger charge is 2.10. The lowest BCUT2D eigenvalue weighted by molar-refractivity contribution is 0.258. The van der Waals surface area contributed by atoms with Gasteiger partial charge in [0.05, 0.1) is 0 Å². The van der Waals surface area contributed by atoms with Gasteiger partial charge in [0, 0.05) is 24.1 Å². The van der Waals surface area contributed by atoms with Gasteiger partial charge in [0.25, 0.3) is 0 Å². The summed E-state index contributed by atoms with van der Waals surface area (Å²) in [6, 6.07) is 14.6. The van der Waals surface area contributed by atoms with Crippen LogP contribution in [0.3, 0.4) is 0 Å². The van der Waals surface area contributed by atoms with Crippen LogP contribution in [0.2, 0.25) is 0 Å². The zero-order valence-corrected chi connectivity index (χ0v) is 11.1. The molecule has 4 heteroatoms. The van der Waals surface area contributed by atoms with Gasteiger partial charge in [0.15, 0.2) is 0 Å². The highest BCUT2D eigenvalue weighted by atomic mass is 16.2. The van der Waals surface area contributed by atoms with E-state index >= 15 is 0 Å². The zero-order chi connectivity index (χ0) is 13.8. The molecule has 3 N–H and O–H groups in total. The molecule has 0 fully saturated rings. The third-order valence-electron chi connectivity index (χ3n) is 2.89. The summed E-state index contributed by atoms with van der Waals surface area (Å²) in [5, 5.41) is 2.81. The molecule has 0 aliphatic heterocycles. The molecular weight excluding hydrogens is 238 g/mol. The van der Waals surface area contributed by atoms with Crippen LogP contribution in [0.15, 0.2) is 48.5 Å². The highest BCUT2D eigenvalue weighted by molar-refractivity contribution is 6.01. The van der Waals surface area contributed by atoms with Crippen LogP contribution in [0.5, 0.6) is 0 Å². The van der Waals surface area contributed by atoms with Crippen molar-refractivity contribution in [2.75, 3.05) is 23.0 Å². The van der Waals surface area contributed by atoms with E-state index in [9.17, 15) is 4.79 Å². The molecule has 0 radical (unpaired) electrons. The maximum Gasteiger partial charge on any atom is 0.326 e. The van der Waals surface area contributed by atoms with Crippen LogP contribution in [0.4, 0.5) is 21.9 Å². The predicted octanol–water partition coefficient (Wildman–Crippen LogP) is 3.25. The molecule has 2 aromatic rings. The third-order valence-corrected chi connectivity index (χ3v) is 2.89. The Bertz CT molecular complexity index is 561. The van der Waals surface area contributed by atoms with Crippen LogP contribution < -0.4 is 16.0 Å². The summed E-state index contributed by atoms with van der Waals surface area (Å²) < 4.78 is 0. The molecule has 0 aliphatic carbocycles. The Kier molecular flexibility index (Phi) is 3.71. The Labute approximate surface area is 112 Å². The van der Waals surface area contributed by atoms with Crippen LogP contribution in [0, 0.1) is 6.92 Å². The molecule has 0 saturated carbocycles. The first kappa shape index (κ1) is 13.0. The number of rotatable bonds is 2. The summed E-state index contributed by atoms with van der Waals surface area (Å²) in [5.41, 5.74) is 9.00. The van der Waals surface area contributed by atoms with Crippen molar-refractivity contribution in [2.45, 2.75) is 6.92 Å². The fourth-order valence-corrected chi connectivity index (χ4v) is 1.66. The number of carbonyl (C=O) groups is 1. The fraction of sp³-hybridized carbons (Fsp3) is 0.133. The number of nitrogens with zero attached hydrogens (tertiary/aromatic N) is 1. The molecule has 2 aromatic carbocycles. The Hall–Kier alpha value is -2.49. The van der Waals surface area contributed by atoms with E-state index in [4.69, 9.17) is 5.73 Å². The largest absolute Gasteiger partial charge is 0.399 e. The van der Waals surface area contributed by atoms with E-state index < -0.39 is 0 Å². The predicted molar refractivity (Wildman–Crippen MR) is 79.5 cm³/mol. The summed E-state index contributed by atoms with van der Waals surface area (Å²) in [4.78, 5) is 13.6. The van der Waals surface area contributed by atoms with Gasteiger partial charge in [0.2, 0.25) is 0 Å². The molecule has 98 valence electrons. The standard InChI is InChI=1S/C15H17N3O/c1-11-3-9-14(10-4-11)18(2)15(19)17-13-7-5-12(16)6-8-13/h3-10H,16H2,1-2H3,(H,17,19). The number of aryl methyl sites for hydroxylation is 1. The van der Waals surface area contributed by atoms with Gasteiger partial charge >= 0.3 is 6.03 Å². The zero-order valence-electron chi connectivity index (χ0n) is 11.1. The Morgan fingerprint density at radius 3 is 2.21 bits per heavy atom. The first-order chi connectivity index (χ1) is 9.06. The van der Waals surface area contributed by atoms with Crippen LogP contribution in [-0.4, -0.2) is 13.1 Å². The molecule has 19 heavy (non-hydrogen) atoms. The number of carbonyl (C=O) groups excluding carboxylic acids is 1. The van der Waals surface area contributed by atoms with Gasteiger partial charge in [-0.3, -0.25) is 4.90 Å². The quantitative estimate of drug-likeness (QED) is 0.809. The van der Waals surface area contributed by atoms with Crippen LogP contribution >= 0.6 is 0 Å². The molecule has 2 amide bonds. The maximum absolute atomic E-state index is 12.1. The van der Waals surface area contributed by atoms with Crippen molar-refractivity contribution in [3.05, 3.63) is 54.1 Å². The van der Waals surface area contributed by atoms with Gasteiger partial charge in [-0.25, -0.2) is 4.79 Å². The van der Waals surface area contributed by atoms with Crippen molar-refractivity contribution < 1.29 is 4.79 Å². The van der Waals surface area contributed by atoms with Gasteiger partial charge in [-0.05, 0) is 43.3 Å². The number of amides is 2. The summed E-state index contributed by atoms with van der Waals surface area (Å²) in [6.07, 6.45) is 0. The van der Waals surface area contributed by atoms with E-state index in [0.717, 1.165) is 16.9 Å². The molecule has 4 nitrogen and oxygen atoms in total. The number of urea groups is 1. The Morgan fingerprint density at radius 2 is 1.63 bits per heavy atom. The second-order valence-electron chi connectivity index (χ2n) is 4.45. The SMILES string of the molecule is Cc1ccc(N(C)C(=O)Nc2ccc(N)cc2)cc1. The lowest BCUT2D eigenvalue weighted by Crippen LogP contribution is -2.31. The first-order valence-electron chi connectivity index (χ1n) is 6.03. The molecule has 0 aliphatic rings. The minimum absolute atomic E-state index is 0.186. The van der Waals surface area contributed by atoms with Crippen molar-refractivity contribution in [3.63, 3.8) is 0 Å². The number of nitrogens with two attached hydrogens (primary N) is 1. The van der Waals surface area contributed by atoms with E-state index in [1.165, 1.54) is 0 Å². The molecular formula is C15H17N3O. The van der Waals surface area contributed by atoms with Gasteiger partial charge in [-0.15, -0.1) is 0 Å². The van der Waals surface area contributed by atoms with Gasteiger partial charge < -0.3 is 11.1 Å². The number of hydrogen-bond donors (Lipinski definition) is 2. The van der Waals surface area contributed by atoms with Gasteiger partial charge in [-0.1, -0.05) is 17.7 Å². The van der Waals surface area contributed by atoms with Crippen LogP contribution in [0.25, 0.3) is 0 Å². The monoisotopic (exact) mass is 255 g/mol. The second kappa shape index (κ2) is 5.44. The van der Waals surface area contributed by atoms with Crippen molar-refractivity contribution in [1.82, 2.24) is 0 Å². The van der Waals surface area contributed by atoms with Crippen molar-refractivity contribution in [1.29, 1.82) is 0 Å². The average molecular weight is 255 g/mol. The van der Waals surface area contributed by atoms with E-state index in [1.807, 2.05) is 31.2 Å². The Balaban J connectivity index is 2.07. The minimum atomic E-state index is -0.186. The summed E-state index contributed by atoms with van der Waals surface area (Å²) in [5.74, 6) is 0. The van der Waals surface area contributed by atoms with Crippen LogP contribution in [0.1, 0.15) is 5.56 Å².